The second kappa shape index (κ2) is 9.37. The Hall–Kier alpha value is 0.370. The zero-order valence-corrected chi connectivity index (χ0v) is 7.97. The van der Waals surface area contributed by atoms with Gasteiger partial charge in [-0.05, 0) is 29.9 Å². The highest BCUT2D eigenvalue weighted by atomic mass is 32.2. The van der Waals surface area contributed by atoms with Gasteiger partial charge < -0.3 is 4.79 Å². The number of rotatable bonds is 7. The van der Waals surface area contributed by atoms with Crippen LogP contribution < -0.4 is 0 Å². The van der Waals surface area contributed by atoms with Gasteiger partial charge in [0.15, 0.2) is 0 Å². The summed E-state index contributed by atoms with van der Waals surface area (Å²) in [6.45, 7) is 0. The molecule has 0 aromatic carbocycles. The summed E-state index contributed by atoms with van der Waals surface area (Å²) in [7, 11) is 0. The highest BCUT2D eigenvalue weighted by Crippen LogP contribution is 2.05. The van der Waals surface area contributed by atoms with Gasteiger partial charge in [0.05, 0.1) is 0 Å². The first-order chi connectivity index (χ1) is 4.91. The van der Waals surface area contributed by atoms with Crippen LogP contribution in [0.5, 0.6) is 0 Å². The smallest absolute Gasteiger partial charge is 0.120 e. The summed E-state index contributed by atoms with van der Waals surface area (Å²) in [4.78, 5) is 9.88. The summed E-state index contributed by atoms with van der Waals surface area (Å²) < 4.78 is 0. The van der Waals surface area contributed by atoms with Gasteiger partial charge in [0, 0.05) is 6.42 Å². The predicted molar refractivity (Wildman–Crippen MR) is 51.0 cm³/mol. The van der Waals surface area contributed by atoms with E-state index in [-0.39, 0.29) is 0 Å². The molecular weight excluding hydrogens is 164 g/mol. The van der Waals surface area contributed by atoms with E-state index in [2.05, 4.69) is 6.26 Å². The third-order valence-electron chi connectivity index (χ3n) is 1.02. The van der Waals surface area contributed by atoms with Crippen molar-refractivity contribution in [3.05, 3.63) is 0 Å². The summed E-state index contributed by atoms with van der Waals surface area (Å²) in [6.07, 6.45) is 5.09. The third kappa shape index (κ3) is 8.37. The van der Waals surface area contributed by atoms with Crippen molar-refractivity contribution in [1.29, 1.82) is 0 Å². The molecule has 10 heavy (non-hydrogen) atoms. The molecule has 0 radical (unpaired) electrons. The van der Waals surface area contributed by atoms with E-state index in [1.165, 1.54) is 17.9 Å². The molecule has 0 fully saturated rings. The maximum atomic E-state index is 9.88. The van der Waals surface area contributed by atoms with Gasteiger partial charge in [0.2, 0.25) is 0 Å². The van der Waals surface area contributed by atoms with Gasteiger partial charge in [0.1, 0.15) is 6.29 Å². The maximum Gasteiger partial charge on any atom is 0.120 e. The summed E-state index contributed by atoms with van der Waals surface area (Å²) >= 11 is 3.76. The largest absolute Gasteiger partial charge is 0.303 e. The first kappa shape index (κ1) is 10.4. The molecule has 1 nitrogen and oxygen atoms in total. The standard InChI is InChI=1S/C7H14OS2/c1-9-5-3-7-10-6-2-4-8/h4H,2-3,5-7H2,1H3. The Morgan fingerprint density at radius 2 is 2.10 bits per heavy atom. The highest BCUT2D eigenvalue weighted by molar-refractivity contribution is 7.99. The second-order valence-corrected chi connectivity index (χ2v) is 4.12. The van der Waals surface area contributed by atoms with Crippen LogP contribution in [0.25, 0.3) is 0 Å². The predicted octanol–water partition coefficient (Wildman–Crippen LogP) is 2.06. The Balaban J connectivity index is 2.70. The van der Waals surface area contributed by atoms with Gasteiger partial charge in [0.25, 0.3) is 0 Å². The Morgan fingerprint density at radius 1 is 1.30 bits per heavy atom. The fraction of sp³-hybridized carbons (Fsp3) is 0.857. The molecule has 0 saturated heterocycles. The number of thioether (sulfide) groups is 2. The van der Waals surface area contributed by atoms with Crippen molar-refractivity contribution in [2.24, 2.45) is 0 Å². The van der Waals surface area contributed by atoms with Crippen LogP contribution in [0, 0.1) is 0 Å². The van der Waals surface area contributed by atoms with Gasteiger partial charge in [-0.15, -0.1) is 0 Å². The lowest BCUT2D eigenvalue weighted by atomic mass is 10.6. The SMILES string of the molecule is CSCCCSCCC=O. The zero-order chi connectivity index (χ0) is 7.66. The van der Waals surface area contributed by atoms with Crippen LogP contribution in [0.2, 0.25) is 0 Å². The van der Waals surface area contributed by atoms with E-state index in [9.17, 15) is 4.79 Å². The minimum absolute atomic E-state index is 0.712. The van der Waals surface area contributed by atoms with Gasteiger partial charge in [-0.1, -0.05) is 0 Å². The third-order valence-corrected chi connectivity index (χ3v) is 2.82. The molecule has 0 amide bonds. The van der Waals surface area contributed by atoms with Gasteiger partial charge in [-0.2, -0.15) is 23.5 Å². The minimum Gasteiger partial charge on any atom is -0.303 e. The molecule has 0 aliphatic carbocycles. The lowest BCUT2D eigenvalue weighted by molar-refractivity contribution is -0.107. The van der Waals surface area contributed by atoms with Gasteiger partial charge in [-0.3, -0.25) is 0 Å². The molecule has 60 valence electrons. The van der Waals surface area contributed by atoms with E-state index in [0.29, 0.717) is 6.42 Å². The first-order valence-electron chi connectivity index (χ1n) is 3.42. The first-order valence-corrected chi connectivity index (χ1v) is 5.97. The van der Waals surface area contributed by atoms with Crippen molar-refractivity contribution >= 4 is 29.8 Å². The van der Waals surface area contributed by atoms with E-state index >= 15 is 0 Å². The van der Waals surface area contributed by atoms with E-state index in [0.717, 1.165) is 12.0 Å². The van der Waals surface area contributed by atoms with Crippen LogP contribution in [0.1, 0.15) is 12.8 Å². The van der Waals surface area contributed by atoms with E-state index in [1.807, 2.05) is 23.5 Å². The normalized spacial score (nSPS) is 9.70. The molecule has 0 N–H and O–H groups in total. The lowest BCUT2D eigenvalue weighted by Gasteiger charge is -1.96. The number of hydrogen-bond acceptors (Lipinski definition) is 3. The number of carbonyl (C=O) groups is 1. The average molecular weight is 178 g/mol. The van der Waals surface area contributed by atoms with Crippen LogP contribution >= 0.6 is 23.5 Å². The second-order valence-electron chi connectivity index (χ2n) is 1.91. The molecular formula is C7H14OS2. The molecule has 0 rings (SSSR count). The van der Waals surface area contributed by atoms with Crippen LogP contribution in [0.4, 0.5) is 0 Å². The van der Waals surface area contributed by atoms with Crippen molar-refractivity contribution < 1.29 is 4.79 Å². The van der Waals surface area contributed by atoms with Crippen LogP contribution in [-0.2, 0) is 4.79 Å². The minimum atomic E-state index is 0.712. The van der Waals surface area contributed by atoms with E-state index in [4.69, 9.17) is 0 Å². The molecule has 0 unspecified atom stereocenters. The Bertz CT molecular complexity index is 76.0. The molecule has 0 aliphatic rings. The fourth-order valence-corrected chi connectivity index (χ4v) is 1.97. The van der Waals surface area contributed by atoms with Crippen LogP contribution in [-0.4, -0.2) is 29.8 Å². The van der Waals surface area contributed by atoms with Gasteiger partial charge >= 0.3 is 0 Å². The molecule has 3 heteroatoms. The summed E-state index contributed by atoms with van der Waals surface area (Å²) in [6, 6.07) is 0. The Kier molecular flexibility index (Phi) is 9.72. The quantitative estimate of drug-likeness (QED) is 0.439. The molecule has 0 spiro atoms. The average Bonchev–Trinajstić information content (AvgIpc) is 1.97. The number of carbonyl (C=O) groups excluding carboxylic acids is 1. The van der Waals surface area contributed by atoms with Crippen molar-refractivity contribution in [2.45, 2.75) is 12.8 Å². The lowest BCUT2D eigenvalue weighted by Crippen LogP contribution is -1.86. The Labute approximate surface area is 71.3 Å². The van der Waals surface area contributed by atoms with Gasteiger partial charge in [-0.25, -0.2) is 0 Å². The molecule has 0 aromatic heterocycles. The Morgan fingerprint density at radius 3 is 2.70 bits per heavy atom. The van der Waals surface area contributed by atoms with E-state index in [1.54, 1.807) is 0 Å². The van der Waals surface area contributed by atoms with E-state index < -0.39 is 0 Å². The number of hydrogen-bond donors (Lipinski definition) is 0. The highest BCUT2D eigenvalue weighted by Gasteiger charge is 1.87. The van der Waals surface area contributed by atoms with Crippen molar-refractivity contribution in [3.8, 4) is 0 Å². The molecule has 0 atom stereocenters. The summed E-state index contributed by atoms with van der Waals surface area (Å²) in [5, 5.41) is 0. The topological polar surface area (TPSA) is 17.1 Å². The molecule has 0 bridgehead atoms. The summed E-state index contributed by atoms with van der Waals surface area (Å²) in [5.74, 6) is 3.45. The number of aldehydes is 1. The van der Waals surface area contributed by atoms with Crippen LogP contribution in [0.3, 0.4) is 0 Å². The van der Waals surface area contributed by atoms with Crippen molar-refractivity contribution in [3.63, 3.8) is 0 Å². The van der Waals surface area contributed by atoms with Crippen molar-refractivity contribution in [1.82, 2.24) is 0 Å². The fourth-order valence-electron chi connectivity index (χ4n) is 0.539. The molecule has 0 aromatic rings. The molecule has 0 saturated carbocycles. The van der Waals surface area contributed by atoms with Crippen molar-refractivity contribution in [2.75, 3.05) is 23.5 Å². The maximum absolute atomic E-state index is 9.88. The molecule has 0 heterocycles. The van der Waals surface area contributed by atoms with Crippen LogP contribution in [0.15, 0.2) is 0 Å². The molecule has 0 aliphatic heterocycles. The summed E-state index contributed by atoms with van der Waals surface area (Å²) in [5.41, 5.74) is 0. The zero-order valence-electron chi connectivity index (χ0n) is 6.34. The monoisotopic (exact) mass is 178 g/mol.